The molecule has 1 atom stereocenters. The van der Waals surface area contributed by atoms with E-state index in [1.165, 1.54) is 0 Å². The second-order valence-corrected chi connectivity index (χ2v) is 7.84. The summed E-state index contributed by atoms with van der Waals surface area (Å²) in [4.78, 5) is 4.05. The molecular formula is C16H26N4O3S. The molecule has 134 valence electrons. The summed E-state index contributed by atoms with van der Waals surface area (Å²) in [5.41, 5.74) is 7.73. The molecule has 1 aliphatic rings. The third kappa shape index (κ3) is 6.86. The Hall–Kier alpha value is -1.64. The standard InChI is InChI=1S/C16H26N4O3S/c1-13-5-7-14(8-6-13)20-16(17)18-9-11-24(21,22)19-12-15-4-2-3-10-23-15/h5-8,15,19H,2-4,9-12H2,1H3,(H3,17,18,20). The number of rotatable bonds is 7. The zero-order valence-corrected chi connectivity index (χ0v) is 14.8. The van der Waals surface area contributed by atoms with Gasteiger partial charge >= 0.3 is 0 Å². The van der Waals surface area contributed by atoms with Gasteiger partial charge in [-0.15, -0.1) is 0 Å². The number of nitrogens with zero attached hydrogens (tertiary/aromatic N) is 1. The van der Waals surface area contributed by atoms with Crippen molar-refractivity contribution in [2.45, 2.75) is 32.3 Å². The fourth-order valence-corrected chi connectivity index (χ4v) is 3.29. The zero-order chi connectivity index (χ0) is 17.4. The lowest BCUT2D eigenvalue weighted by molar-refractivity contribution is 0.0200. The van der Waals surface area contributed by atoms with Crippen molar-refractivity contribution in [1.82, 2.24) is 4.72 Å². The second-order valence-electron chi connectivity index (χ2n) is 5.91. The number of aliphatic imine (C=N–C) groups is 1. The summed E-state index contributed by atoms with van der Waals surface area (Å²) in [6.07, 6.45) is 3.00. The lowest BCUT2D eigenvalue weighted by Gasteiger charge is -2.22. The van der Waals surface area contributed by atoms with Gasteiger partial charge < -0.3 is 15.8 Å². The molecule has 0 spiro atoms. The van der Waals surface area contributed by atoms with Crippen molar-refractivity contribution in [2.75, 3.05) is 30.8 Å². The number of ether oxygens (including phenoxy) is 1. The van der Waals surface area contributed by atoms with E-state index in [4.69, 9.17) is 10.5 Å². The maximum atomic E-state index is 12.0. The highest BCUT2D eigenvalue weighted by Gasteiger charge is 2.17. The molecule has 0 radical (unpaired) electrons. The van der Waals surface area contributed by atoms with Crippen LogP contribution in [0.25, 0.3) is 0 Å². The van der Waals surface area contributed by atoms with Gasteiger partial charge in [0.25, 0.3) is 0 Å². The first kappa shape index (κ1) is 18.7. The van der Waals surface area contributed by atoms with Crippen LogP contribution >= 0.6 is 0 Å². The third-order valence-electron chi connectivity index (χ3n) is 3.77. The van der Waals surface area contributed by atoms with Crippen molar-refractivity contribution < 1.29 is 13.2 Å². The number of nitrogens with one attached hydrogen (secondary N) is 2. The van der Waals surface area contributed by atoms with Crippen molar-refractivity contribution in [2.24, 2.45) is 10.7 Å². The normalized spacial score (nSPS) is 19.2. The first-order chi connectivity index (χ1) is 11.4. The fourth-order valence-electron chi connectivity index (χ4n) is 2.37. The Morgan fingerprint density at radius 1 is 1.33 bits per heavy atom. The molecular weight excluding hydrogens is 328 g/mol. The number of anilines is 1. The Bertz CT molecular complexity index is 638. The first-order valence-corrected chi connectivity index (χ1v) is 9.82. The van der Waals surface area contributed by atoms with Crippen molar-refractivity contribution in [3.63, 3.8) is 0 Å². The Balaban J connectivity index is 1.73. The molecule has 1 heterocycles. The monoisotopic (exact) mass is 354 g/mol. The van der Waals surface area contributed by atoms with Crippen LogP contribution in [0.3, 0.4) is 0 Å². The highest BCUT2D eigenvalue weighted by Crippen LogP contribution is 2.12. The Morgan fingerprint density at radius 2 is 2.08 bits per heavy atom. The van der Waals surface area contributed by atoms with Crippen molar-refractivity contribution >= 4 is 21.7 Å². The van der Waals surface area contributed by atoms with Gasteiger partial charge in [-0.2, -0.15) is 0 Å². The minimum absolute atomic E-state index is 0.0229. The van der Waals surface area contributed by atoms with Gasteiger partial charge in [-0.05, 0) is 38.3 Å². The van der Waals surface area contributed by atoms with Crippen LogP contribution in [0.5, 0.6) is 0 Å². The SMILES string of the molecule is Cc1ccc(NC(N)=NCCS(=O)(=O)NCC2CCCCO2)cc1. The molecule has 1 aromatic rings. The highest BCUT2D eigenvalue weighted by molar-refractivity contribution is 7.89. The van der Waals surface area contributed by atoms with E-state index in [2.05, 4.69) is 15.0 Å². The highest BCUT2D eigenvalue weighted by atomic mass is 32.2. The molecule has 7 nitrogen and oxygen atoms in total. The summed E-state index contributed by atoms with van der Waals surface area (Å²) in [5.74, 6) is 0.0976. The second kappa shape index (κ2) is 9.00. The maximum Gasteiger partial charge on any atom is 0.213 e. The van der Waals surface area contributed by atoms with Crippen LogP contribution in [0, 0.1) is 6.92 Å². The van der Waals surface area contributed by atoms with Gasteiger partial charge in [0.15, 0.2) is 5.96 Å². The summed E-state index contributed by atoms with van der Waals surface area (Å²) in [5, 5.41) is 2.93. The van der Waals surface area contributed by atoms with Gasteiger partial charge in [0.05, 0.1) is 18.4 Å². The van der Waals surface area contributed by atoms with E-state index in [0.29, 0.717) is 13.2 Å². The number of guanidine groups is 1. The van der Waals surface area contributed by atoms with Gasteiger partial charge in [-0.1, -0.05) is 17.7 Å². The number of nitrogens with two attached hydrogens (primary N) is 1. The van der Waals surface area contributed by atoms with Crippen LogP contribution in [0.15, 0.2) is 29.3 Å². The van der Waals surface area contributed by atoms with Gasteiger partial charge in [0.2, 0.25) is 10.0 Å². The van der Waals surface area contributed by atoms with Crippen LogP contribution < -0.4 is 15.8 Å². The third-order valence-corrected chi connectivity index (χ3v) is 5.10. The van der Waals surface area contributed by atoms with E-state index in [0.717, 1.165) is 30.5 Å². The minimum Gasteiger partial charge on any atom is -0.377 e. The van der Waals surface area contributed by atoms with Crippen molar-refractivity contribution in [3.8, 4) is 0 Å². The molecule has 1 fully saturated rings. The predicted octanol–water partition coefficient (Wildman–Crippen LogP) is 1.21. The first-order valence-electron chi connectivity index (χ1n) is 8.17. The molecule has 2 rings (SSSR count). The number of sulfonamides is 1. The molecule has 0 bridgehead atoms. The Kier molecular flexibility index (Phi) is 7.01. The van der Waals surface area contributed by atoms with Crippen LogP contribution in [0.2, 0.25) is 0 Å². The summed E-state index contributed by atoms with van der Waals surface area (Å²) in [6, 6.07) is 7.69. The molecule has 0 aliphatic carbocycles. The Labute approximate surface area is 143 Å². The lowest BCUT2D eigenvalue weighted by Crippen LogP contribution is -2.37. The van der Waals surface area contributed by atoms with E-state index in [9.17, 15) is 8.42 Å². The predicted molar refractivity (Wildman–Crippen MR) is 96.7 cm³/mol. The minimum atomic E-state index is -3.38. The topological polar surface area (TPSA) is 106 Å². The van der Waals surface area contributed by atoms with E-state index >= 15 is 0 Å². The number of benzene rings is 1. The molecule has 1 unspecified atom stereocenters. The van der Waals surface area contributed by atoms with E-state index < -0.39 is 10.0 Å². The molecule has 24 heavy (non-hydrogen) atoms. The van der Waals surface area contributed by atoms with Crippen LogP contribution in [0.1, 0.15) is 24.8 Å². The maximum absolute atomic E-state index is 12.0. The van der Waals surface area contributed by atoms with E-state index in [1.54, 1.807) is 0 Å². The van der Waals surface area contributed by atoms with Gasteiger partial charge in [0, 0.05) is 18.8 Å². The molecule has 0 amide bonds. The zero-order valence-electron chi connectivity index (χ0n) is 14.0. The number of hydrogen-bond acceptors (Lipinski definition) is 4. The lowest BCUT2D eigenvalue weighted by atomic mass is 10.1. The summed E-state index contributed by atoms with van der Waals surface area (Å²) in [6.45, 7) is 3.13. The Morgan fingerprint density at radius 3 is 2.75 bits per heavy atom. The van der Waals surface area contributed by atoms with Crippen LogP contribution in [0.4, 0.5) is 5.69 Å². The summed E-state index contributed by atoms with van der Waals surface area (Å²) in [7, 11) is -3.38. The van der Waals surface area contributed by atoms with E-state index in [1.807, 2.05) is 31.2 Å². The van der Waals surface area contributed by atoms with Gasteiger partial charge in [0.1, 0.15) is 0 Å². The summed E-state index contributed by atoms with van der Waals surface area (Å²) >= 11 is 0. The molecule has 0 aromatic heterocycles. The van der Waals surface area contributed by atoms with Crippen molar-refractivity contribution in [1.29, 1.82) is 0 Å². The molecule has 8 heteroatoms. The molecule has 0 saturated carbocycles. The fraction of sp³-hybridized carbons (Fsp3) is 0.562. The molecule has 1 saturated heterocycles. The van der Waals surface area contributed by atoms with Crippen LogP contribution in [-0.4, -0.2) is 45.9 Å². The molecule has 4 N–H and O–H groups in total. The average Bonchev–Trinajstić information content (AvgIpc) is 2.56. The molecule has 1 aromatic carbocycles. The smallest absolute Gasteiger partial charge is 0.213 e. The van der Waals surface area contributed by atoms with Crippen LogP contribution in [-0.2, 0) is 14.8 Å². The molecule has 1 aliphatic heterocycles. The largest absolute Gasteiger partial charge is 0.377 e. The number of aryl methyl sites for hydroxylation is 1. The average molecular weight is 354 g/mol. The van der Waals surface area contributed by atoms with Crippen molar-refractivity contribution in [3.05, 3.63) is 29.8 Å². The number of hydrogen-bond donors (Lipinski definition) is 3. The quantitative estimate of drug-likeness (QED) is 0.504. The van der Waals surface area contributed by atoms with Gasteiger partial charge in [-0.3, -0.25) is 4.99 Å². The van der Waals surface area contributed by atoms with Gasteiger partial charge in [-0.25, -0.2) is 13.1 Å². The summed E-state index contributed by atoms with van der Waals surface area (Å²) < 4.78 is 32.0. The van der Waals surface area contributed by atoms with E-state index in [-0.39, 0.29) is 24.4 Å².